The van der Waals surface area contributed by atoms with Crippen LogP contribution in [0.25, 0.3) is 0 Å². The Morgan fingerprint density at radius 3 is 2.33 bits per heavy atom. The van der Waals surface area contributed by atoms with Crippen LogP contribution in [0.15, 0.2) is 0 Å². The van der Waals surface area contributed by atoms with Gasteiger partial charge in [-0.25, -0.2) is 4.68 Å². The van der Waals surface area contributed by atoms with E-state index in [2.05, 4.69) is 27.1 Å². The summed E-state index contributed by atoms with van der Waals surface area (Å²) in [5, 5.41) is 12.9. The molecular formula is C18H34N6+2. The van der Waals surface area contributed by atoms with Gasteiger partial charge in [0.05, 0.1) is 12.1 Å². The molecular weight excluding hydrogens is 300 g/mol. The van der Waals surface area contributed by atoms with E-state index in [1.165, 1.54) is 77.5 Å². The Morgan fingerprint density at radius 1 is 1.00 bits per heavy atom. The van der Waals surface area contributed by atoms with E-state index in [9.17, 15) is 0 Å². The monoisotopic (exact) mass is 334 g/mol. The molecule has 3 fully saturated rings. The summed E-state index contributed by atoms with van der Waals surface area (Å²) in [7, 11) is 0. The number of piperazine rings is 1. The van der Waals surface area contributed by atoms with Gasteiger partial charge in [0.15, 0.2) is 0 Å². The van der Waals surface area contributed by atoms with Crippen LogP contribution in [0.2, 0.25) is 0 Å². The molecule has 2 saturated carbocycles. The lowest BCUT2D eigenvalue weighted by Crippen LogP contribution is -3.29. The molecule has 0 radical (unpaired) electrons. The van der Waals surface area contributed by atoms with E-state index >= 15 is 0 Å². The summed E-state index contributed by atoms with van der Waals surface area (Å²) in [5.41, 5.74) is 0. The van der Waals surface area contributed by atoms with Gasteiger partial charge in [0.25, 0.3) is 0 Å². The number of nitrogens with zero attached hydrogens (tertiary/aromatic N) is 4. The van der Waals surface area contributed by atoms with Crippen LogP contribution in [-0.4, -0.2) is 52.4 Å². The average molecular weight is 335 g/mol. The molecule has 4 rings (SSSR count). The molecule has 24 heavy (non-hydrogen) atoms. The highest BCUT2D eigenvalue weighted by molar-refractivity contribution is 4.91. The summed E-state index contributed by atoms with van der Waals surface area (Å²) in [5.74, 6) is 1.16. The maximum Gasteiger partial charge on any atom is 0.209 e. The highest BCUT2D eigenvalue weighted by atomic mass is 15.6. The molecule has 2 N–H and O–H groups in total. The van der Waals surface area contributed by atoms with Crippen molar-refractivity contribution in [1.29, 1.82) is 0 Å². The molecule has 6 heteroatoms. The van der Waals surface area contributed by atoms with Crippen LogP contribution >= 0.6 is 0 Å². The first-order valence-electron chi connectivity index (χ1n) is 10.3. The number of rotatable bonds is 5. The summed E-state index contributed by atoms with van der Waals surface area (Å²) in [6.45, 7) is 7.54. The van der Waals surface area contributed by atoms with Gasteiger partial charge in [0.2, 0.25) is 5.82 Å². The summed E-state index contributed by atoms with van der Waals surface area (Å²) in [6.07, 6.45) is 12.1. The zero-order chi connectivity index (χ0) is 16.4. The second-order valence-corrected chi connectivity index (χ2v) is 8.18. The predicted molar refractivity (Wildman–Crippen MR) is 92.0 cm³/mol. The zero-order valence-electron chi connectivity index (χ0n) is 15.2. The number of aromatic nitrogens is 4. The van der Waals surface area contributed by atoms with Gasteiger partial charge < -0.3 is 9.80 Å². The van der Waals surface area contributed by atoms with Crippen molar-refractivity contribution in [3.05, 3.63) is 5.82 Å². The van der Waals surface area contributed by atoms with E-state index < -0.39 is 0 Å². The molecule has 0 aromatic carbocycles. The third kappa shape index (κ3) is 3.23. The Balaban J connectivity index is 1.42. The van der Waals surface area contributed by atoms with E-state index in [0.29, 0.717) is 12.1 Å². The van der Waals surface area contributed by atoms with Gasteiger partial charge in [-0.3, -0.25) is 0 Å². The van der Waals surface area contributed by atoms with Crippen molar-refractivity contribution in [2.75, 3.05) is 26.2 Å². The van der Waals surface area contributed by atoms with E-state index in [-0.39, 0.29) is 0 Å². The van der Waals surface area contributed by atoms with Crippen molar-refractivity contribution in [3.63, 3.8) is 0 Å². The summed E-state index contributed by atoms with van der Waals surface area (Å²) in [6, 6.07) is 1.98. The van der Waals surface area contributed by atoms with Gasteiger partial charge in [0, 0.05) is 6.42 Å². The first-order valence-corrected chi connectivity index (χ1v) is 10.3. The summed E-state index contributed by atoms with van der Waals surface area (Å²) >= 11 is 0. The average Bonchev–Trinajstić information content (AvgIpc) is 3.37. The van der Waals surface area contributed by atoms with Gasteiger partial charge >= 0.3 is 0 Å². The lowest BCUT2D eigenvalue weighted by Gasteiger charge is -2.36. The fraction of sp³-hybridized carbons (Fsp3) is 0.944. The first kappa shape index (κ1) is 16.5. The van der Waals surface area contributed by atoms with Crippen molar-refractivity contribution in [3.8, 4) is 0 Å². The topological polar surface area (TPSA) is 52.5 Å². The SMILES string of the molecule is CC[C@H](c1nnnn1C1CCCC1)[NH+]1CC[NH+](C2CCCC2)CC1. The summed E-state index contributed by atoms with van der Waals surface area (Å²) < 4.78 is 2.18. The zero-order valence-corrected chi connectivity index (χ0v) is 15.2. The quantitative estimate of drug-likeness (QED) is 0.795. The van der Waals surface area contributed by atoms with Gasteiger partial charge in [-0.15, -0.1) is 5.10 Å². The van der Waals surface area contributed by atoms with Crippen LogP contribution in [-0.2, 0) is 0 Å². The van der Waals surface area contributed by atoms with Crippen molar-refractivity contribution in [1.82, 2.24) is 20.2 Å². The van der Waals surface area contributed by atoms with Crippen LogP contribution in [0.4, 0.5) is 0 Å². The standard InChI is InChI=1S/C18H32N6/c1-2-17(18-19-20-21-24(18)16-9-5-6-10-16)23-13-11-22(12-14-23)15-7-3-4-8-15/h15-17H,2-14H2,1H3/p+2/t17-/m1/s1. The second-order valence-electron chi connectivity index (χ2n) is 8.18. The maximum atomic E-state index is 4.48. The minimum absolute atomic E-state index is 0.478. The van der Waals surface area contributed by atoms with Crippen molar-refractivity contribution in [2.45, 2.75) is 82.8 Å². The first-order chi connectivity index (χ1) is 11.9. The molecule has 1 aromatic rings. The predicted octanol–water partition coefficient (Wildman–Crippen LogP) is -0.0347. The molecule has 1 aliphatic heterocycles. The van der Waals surface area contributed by atoms with Crippen LogP contribution < -0.4 is 9.80 Å². The minimum Gasteiger partial charge on any atom is -0.323 e. The molecule has 2 aliphatic carbocycles. The summed E-state index contributed by atoms with van der Waals surface area (Å²) in [4.78, 5) is 3.59. The van der Waals surface area contributed by atoms with Crippen molar-refractivity contribution < 1.29 is 9.80 Å². The number of nitrogens with one attached hydrogen (secondary N) is 2. The van der Waals surface area contributed by atoms with Gasteiger partial charge in [-0.2, -0.15) is 0 Å². The lowest BCUT2D eigenvalue weighted by molar-refractivity contribution is -1.04. The minimum atomic E-state index is 0.478. The molecule has 1 saturated heterocycles. The third-order valence-corrected chi connectivity index (χ3v) is 6.87. The molecule has 0 spiro atoms. The van der Waals surface area contributed by atoms with Crippen LogP contribution in [0.1, 0.15) is 82.6 Å². The fourth-order valence-corrected chi connectivity index (χ4v) is 5.48. The highest BCUT2D eigenvalue weighted by Crippen LogP contribution is 2.30. The smallest absolute Gasteiger partial charge is 0.209 e. The van der Waals surface area contributed by atoms with Gasteiger partial charge in [-0.1, -0.05) is 19.8 Å². The number of tetrazole rings is 1. The molecule has 0 unspecified atom stereocenters. The van der Waals surface area contributed by atoms with Gasteiger partial charge in [-0.05, 0) is 49.0 Å². The molecule has 1 atom stereocenters. The number of hydrogen-bond donors (Lipinski definition) is 2. The molecule has 1 aromatic heterocycles. The largest absolute Gasteiger partial charge is 0.323 e. The Morgan fingerprint density at radius 2 is 1.67 bits per heavy atom. The Bertz CT molecular complexity index is 509. The van der Waals surface area contributed by atoms with Crippen LogP contribution in [0.3, 0.4) is 0 Å². The van der Waals surface area contributed by atoms with E-state index in [0.717, 1.165) is 18.3 Å². The Hall–Kier alpha value is -1.01. The number of hydrogen-bond acceptors (Lipinski definition) is 3. The molecule has 0 amide bonds. The molecule has 2 heterocycles. The fourth-order valence-electron chi connectivity index (χ4n) is 5.48. The molecule has 6 nitrogen and oxygen atoms in total. The number of quaternary nitrogens is 2. The van der Waals surface area contributed by atoms with E-state index in [4.69, 9.17) is 0 Å². The second kappa shape index (κ2) is 7.48. The van der Waals surface area contributed by atoms with Crippen LogP contribution in [0, 0.1) is 0 Å². The van der Waals surface area contributed by atoms with E-state index in [1.807, 2.05) is 4.90 Å². The van der Waals surface area contributed by atoms with E-state index in [1.54, 1.807) is 4.90 Å². The Kier molecular flexibility index (Phi) is 5.13. The normalized spacial score (nSPS) is 30.9. The molecule has 0 bridgehead atoms. The van der Waals surface area contributed by atoms with Crippen molar-refractivity contribution in [2.24, 2.45) is 0 Å². The highest BCUT2D eigenvalue weighted by Gasteiger charge is 2.37. The van der Waals surface area contributed by atoms with Gasteiger partial charge in [0.1, 0.15) is 32.2 Å². The third-order valence-electron chi connectivity index (χ3n) is 6.87. The van der Waals surface area contributed by atoms with Crippen molar-refractivity contribution >= 4 is 0 Å². The van der Waals surface area contributed by atoms with Crippen LogP contribution in [0.5, 0.6) is 0 Å². The maximum absolute atomic E-state index is 4.48. The Labute approximate surface area is 145 Å². The molecule has 3 aliphatic rings. The molecule has 134 valence electrons. The lowest BCUT2D eigenvalue weighted by atomic mass is 10.1.